The molecule has 10 N–H and O–H groups in total. The summed E-state index contributed by atoms with van der Waals surface area (Å²) in [6.07, 6.45) is -0.475. The van der Waals surface area contributed by atoms with Gasteiger partial charge in [0.05, 0.1) is 6.04 Å². The van der Waals surface area contributed by atoms with Gasteiger partial charge in [-0.2, -0.15) is 0 Å². The third-order valence-electron chi connectivity index (χ3n) is 6.95. The van der Waals surface area contributed by atoms with E-state index in [-0.39, 0.29) is 43.6 Å². The van der Waals surface area contributed by atoms with Gasteiger partial charge in [0.1, 0.15) is 29.6 Å². The third kappa shape index (κ3) is 11.3. The maximum atomic E-state index is 13.5. The van der Waals surface area contributed by atoms with Gasteiger partial charge in [-0.05, 0) is 53.8 Å². The standard InChI is InChI=1S/C32H37N5O8/c33-24(16-19-4-2-1-3-5-19)29(41)35-25(14-15-28(34)40)30(42)36-26(17-20-6-10-22(38)11-7-20)31(43)37-27(32(44)45)18-21-8-12-23(39)13-9-21/h1-13,24-27,38-39H,14-18,33H2,(H2,34,40)(H,35,41)(H,36,42)(H,37,43)(H,44,45). The van der Waals surface area contributed by atoms with Gasteiger partial charge in [0.25, 0.3) is 0 Å². The van der Waals surface area contributed by atoms with Crippen molar-refractivity contribution >= 4 is 29.6 Å². The van der Waals surface area contributed by atoms with Gasteiger partial charge in [-0.25, -0.2) is 4.79 Å². The van der Waals surface area contributed by atoms with Gasteiger partial charge in [-0.1, -0.05) is 54.6 Å². The lowest BCUT2D eigenvalue weighted by atomic mass is 10.0. The maximum Gasteiger partial charge on any atom is 0.326 e. The second kappa shape index (κ2) is 16.4. The molecule has 45 heavy (non-hydrogen) atoms. The van der Waals surface area contributed by atoms with Crippen molar-refractivity contribution in [1.82, 2.24) is 16.0 Å². The minimum Gasteiger partial charge on any atom is -0.508 e. The molecule has 0 aliphatic carbocycles. The summed E-state index contributed by atoms with van der Waals surface area (Å²) in [5, 5.41) is 36.5. The van der Waals surface area contributed by atoms with Crippen LogP contribution < -0.4 is 27.4 Å². The Morgan fingerprint density at radius 1 is 0.600 bits per heavy atom. The molecule has 3 rings (SSSR count). The molecule has 238 valence electrons. The Morgan fingerprint density at radius 2 is 1.04 bits per heavy atom. The fourth-order valence-corrected chi connectivity index (χ4v) is 4.48. The van der Waals surface area contributed by atoms with Crippen LogP contribution in [0.25, 0.3) is 0 Å². The zero-order valence-electron chi connectivity index (χ0n) is 24.4. The Morgan fingerprint density at radius 3 is 1.56 bits per heavy atom. The number of amides is 4. The van der Waals surface area contributed by atoms with E-state index in [1.807, 2.05) is 6.07 Å². The van der Waals surface area contributed by atoms with Gasteiger partial charge in [-0.15, -0.1) is 0 Å². The van der Waals surface area contributed by atoms with Crippen molar-refractivity contribution in [2.45, 2.75) is 56.3 Å². The lowest BCUT2D eigenvalue weighted by Crippen LogP contribution is -2.58. The number of phenols is 2. The lowest BCUT2D eigenvalue weighted by molar-refractivity contribution is -0.142. The summed E-state index contributed by atoms with van der Waals surface area (Å²) < 4.78 is 0. The highest BCUT2D eigenvalue weighted by Gasteiger charge is 2.31. The molecule has 3 aromatic rings. The second-order valence-corrected chi connectivity index (χ2v) is 10.6. The molecule has 4 unspecified atom stereocenters. The molecule has 4 atom stereocenters. The number of benzene rings is 3. The number of carboxylic acid groups (broad SMARTS) is 1. The fraction of sp³-hybridized carbons (Fsp3) is 0.281. The quantitative estimate of drug-likeness (QED) is 0.110. The van der Waals surface area contributed by atoms with E-state index >= 15 is 0 Å². The second-order valence-electron chi connectivity index (χ2n) is 10.6. The van der Waals surface area contributed by atoms with Crippen molar-refractivity contribution in [1.29, 1.82) is 0 Å². The first-order chi connectivity index (χ1) is 21.4. The van der Waals surface area contributed by atoms with Crippen LogP contribution in [-0.4, -0.2) is 69.1 Å². The molecule has 0 bridgehead atoms. The van der Waals surface area contributed by atoms with Crippen LogP contribution in [0.3, 0.4) is 0 Å². The van der Waals surface area contributed by atoms with Crippen LogP contribution in [0, 0.1) is 0 Å². The largest absolute Gasteiger partial charge is 0.508 e. The minimum atomic E-state index is -1.39. The number of nitrogens with two attached hydrogens (primary N) is 2. The predicted octanol–water partition coefficient (Wildman–Crippen LogP) is 0.258. The van der Waals surface area contributed by atoms with E-state index < -0.39 is 53.8 Å². The number of carboxylic acids is 1. The fourth-order valence-electron chi connectivity index (χ4n) is 4.48. The molecule has 0 aliphatic heterocycles. The number of primary amides is 1. The molecule has 3 aromatic carbocycles. The molecular formula is C32H37N5O8. The highest BCUT2D eigenvalue weighted by Crippen LogP contribution is 2.14. The predicted molar refractivity (Wildman–Crippen MR) is 164 cm³/mol. The maximum absolute atomic E-state index is 13.5. The number of aromatic hydroxyl groups is 2. The molecule has 4 amide bonds. The van der Waals surface area contributed by atoms with E-state index in [0.29, 0.717) is 11.1 Å². The van der Waals surface area contributed by atoms with Crippen molar-refractivity contribution in [3.63, 3.8) is 0 Å². The number of hydrogen-bond donors (Lipinski definition) is 8. The summed E-state index contributed by atoms with van der Waals surface area (Å²) in [6.45, 7) is 0. The van der Waals surface area contributed by atoms with Gasteiger partial charge < -0.3 is 42.7 Å². The van der Waals surface area contributed by atoms with E-state index in [1.165, 1.54) is 48.5 Å². The van der Waals surface area contributed by atoms with Crippen molar-refractivity contribution < 1.29 is 39.3 Å². The number of phenolic OH excluding ortho intramolecular Hbond substituents is 2. The van der Waals surface area contributed by atoms with Crippen molar-refractivity contribution in [2.75, 3.05) is 0 Å². The summed E-state index contributed by atoms with van der Waals surface area (Å²) in [5.74, 6) is -4.39. The van der Waals surface area contributed by atoms with Crippen LogP contribution in [0.2, 0.25) is 0 Å². The molecule has 0 fully saturated rings. The molecule has 0 aliphatic rings. The normalized spacial score (nSPS) is 13.4. The van der Waals surface area contributed by atoms with E-state index in [0.717, 1.165) is 5.56 Å². The highest BCUT2D eigenvalue weighted by atomic mass is 16.4. The number of rotatable bonds is 16. The lowest BCUT2D eigenvalue weighted by Gasteiger charge is -2.25. The van der Waals surface area contributed by atoms with E-state index in [1.54, 1.807) is 24.3 Å². The summed E-state index contributed by atoms with van der Waals surface area (Å²) in [5.41, 5.74) is 13.2. The van der Waals surface area contributed by atoms with Gasteiger partial charge in [-0.3, -0.25) is 19.2 Å². The van der Waals surface area contributed by atoms with Gasteiger partial charge in [0.2, 0.25) is 23.6 Å². The van der Waals surface area contributed by atoms with Gasteiger partial charge in [0, 0.05) is 19.3 Å². The summed E-state index contributed by atoms with van der Waals surface area (Å²) in [6, 6.07) is 15.6. The SMILES string of the molecule is NC(=O)CCC(NC(=O)C(N)Cc1ccccc1)C(=O)NC(Cc1ccc(O)cc1)C(=O)NC(Cc1ccc(O)cc1)C(=O)O. The molecular weight excluding hydrogens is 582 g/mol. The summed E-state index contributed by atoms with van der Waals surface area (Å²) in [7, 11) is 0. The third-order valence-corrected chi connectivity index (χ3v) is 6.95. The molecule has 0 spiro atoms. The molecule has 0 radical (unpaired) electrons. The average molecular weight is 620 g/mol. The van der Waals surface area contributed by atoms with Crippen LogP contribution in [0.15, 0.2) is 78.9 Å². The number of aliphatic carboxylic acids is 1. The molecule has 13 heteroatoms. The zero-order valence-corrected chi connectivity index (χ0v) is 24.4. The molecule has 0 saturated heterocycles. The Labute approximate surface area is 259 Å². The van der Waals surface area contributed by atoms with Crippen molar-refractivity contribution in [3.8, 4) is 11.5 Å². The van der Waals surface area contributed by atoms with E-state index in [4.69, 9.17) is 11.5 Å². The van der Waals surface area contributed by atoms with Crippen LogP contribution in [0.1, 0.15) is 29.5 Å². The molecule has 13 nitrogen and oxygen atoms in total. The number of nitrogens with one attached hydrogen (secondary N) is 3. The van der Waals surface area contributed by atoms with Crippen molar-refractivity contribution in [3.05, 3.63) is 95.6 Å². The van der Waals surface area contributed by atoms with Crippen LogP contribution in [0.5, 0.6) is 11.5 Å². The molecule has 0 heterocycles. The first-order valence-corrected chi connectivity index (χ1v) is 14.2. The van der Waals surface area contributed by atoms with Crippen LogP contribution >= 0.6 is 0 Å². The van der Waals surface area contributed by atoms with Crippen LogP contribution in [-0.2, 0) is 43.2 Å². The Balaban J connectivity index is 1.80. The summed E-state index contributed by atoms with van der Waals surface area (Å²) >= 11 is 0. The first-order valence-electron chi connectivity index (χ1n) is 14.2. The number of carbonyl (C=O) groups excluding carboxylic acids is 4. The Hall–Kier alpha value is -5.43. The Bertz CT molecular complexity index is 1470. The molecule has 0 aromatic heterocycles. The number of hydrogen-bond acceptors (Lipinski definition) is 8. The summed E-state index contributed by atoms with van der Waals surface area (Å²) in [4.78, 5) is 63.5. The van der Waals surface area contributed by atoms with Crippen molar-refractivity contribution in [2.24, 2.45) is 11.5 Å². The minimum absolute atomic E-state index is 0.00895. The topological polar surface area (TPSA) is 234 Å². The van der Waals surface area contributed by atoms with Crippen LogP contribution in [0.4, 0.5) is 0 Å². The monoisotopic (exact) mass is 619 g/mol. The van der Waals surface area contributed by atoms with Gasteiger partial charge >= 0.3 is 5.97 Å². The smallest absolute Gasteiger partial charge is 0.326 e. The first kappa shape index (κ1) is 34.1. The highest BCUT2D eigenvalue weighted by molar-refractivity contribution is 5.94. The molecule has 0 saturated carbocycles. The zero-order chi connectivity index (χ0) is 32.9. The van der Waals surface area contributed by atoms with Gasteiger partial charge in [0.15, 0.2) is 0 Å². The van der Waals surface area contributed by atoms with E-state index in [2.05, 4.69) is 16.0 Å². The Kier molecular flexibility index (Phi) is 12.4. The number of carbonyl (C=O) groups is 5. The average Bonchev–Trinajstić information content (AvgIpc) is 3.00. The van der Waals surface area contributed by atoms with E-state index in [9.17, 15) is 39.3 Å².